The molecule has 110 valence electrons. The summed E-state index contributed by atoms with van der Waals surface area (Å²) in [6.45, 7) is 1.69. The van der Waals surface area contributed by atoms with Crippen LogP contribution < -0.4 is 10.6 Å². The van der Waals surface area contributed by atoms with Crippen LogP contribution in [0.5, 0.6) is 0 Å². The van der Waals surface area contributed by atoms with E-state index >= 15 is 0 Å². The molecule has 4 N–H and O–H groups in total. The van der Waals surface area contributed by atoms with Crippen LogP contribution in [0.4, 0.5) is 11.4 Å². The largest absolute Gasteiger partial charge is 0.394 e. The monoisotopic (exact) mass is 283 g/mol. The maximum Gasteiger partial charge on any atom is 0.292 e. The molecule has 0 heterocycles. The van der Waals surface area contributed by atoms with Gasteiger partial charge in [-0.05, 0) is 19.1 Å². The molecule has 0 radical (unpaired) electrons. The van der Waals surface area contributed by atoms with Crippen LogP contribution in [0.1, 0.15) is 17.3 Å². The molecule has 0 aliphatic carbocycles. The summed E-state index contributed by atoms with van der Waals surface area (Å²) in [6, 6.07) is 3.92. The lowest BCUT2D eigenvalue weighted by Gasteiger charge is -2.11. The van der Waals surface area contributed by atoms with Gasteiger partial charge in [0.05, 0.1) is 17.6 Å². The molecule has 0 fully saturated rings. The number of nitrogens with one attached hydrogen (secondary N) is 2. The summed E-state index contributed by atoms with van der Waals surface area (Å²) in [6.07, 6.45) is -1.04. The third-order valence-corrected chi connectivity index (χ3v) is 2.53. The van der Waals surface area contributed by atoms with Gasteiger partial charge in [-0.15, -0.1) is 0 Å². The van der Waals surface area contributed by atoms with E-state index in [9.17, 15) is 20.0 Å². The van der Waals surface area contributed by atoms with E-state index < -0.39 is 17.6 Å². The number of carbonyl (C=O) groups is 1. The standard InChI is InChI=1S/C12H17N3O5/c1-2-13-12(18)8-3-4-11(15(19)20)10(5-8)14-6-9(17)7-16/h3-5,9,14,16-17H,2,6-7H2,1H3,(H,13,18). The minimum Gasteiger partial charge on any atom is -0.394 e. The highest BCUT2D eigenvalue weighted by Gasteiger charge is 2.17. The highest BCUT2D eigenvalue weighted by molar-refractivity contribution is 5.95. The Morgan fingerprint density at radius 3 is 2.75 bits per heavy atom. The van der Waals surface area contributed by atoms with Gasteiger partial charge >= 0.3 is 0 Å². The molecular weight excluding hydrogens is 266 g/mol. The summed E-state index contributed by atoms with van der Waals surface area (Å²) in [5, 5.41) is 34.1. The van der Waals surface area contributed by atoms with E-state index in [0.717, 1.165) is 0 Å². The SMILES string of the molecule is CCNC(=O)c1ccc([N+](=O)[O-])c(NCC(O)CO)c1. The van der Waals surface area contributed by atoms with Crippen LogP contribution in [0.3, 0.4) is 0 Å². The quantitative estimate of drug-likeness (QED) is 0.416. The van der Waals surface area contributed by atoms with Gasteiger partial charge in [0, 0.05) is 24.7 Å². The molecule has 1 atom stereocenters. The van der Waals surface area contributed by atoms with Crippen molar-refractivity contribution in [3.05, 3.63) is 33.9 Å². The first-order chi connectivity index (χ1) is 9.49. The molecular formula is C12H17N3O5. The Hall–Kier alpha value is -2.19. The van der Waals surface area contributed by atoms with Gasteiger partial charge in [0.2, 0.25) is 0 Å². The zero-order valence-electron chi connectivity index (χ0n) is 11.0. The summed E-state index contributed by atoms with van der Waals surface area (Å²) in [7, 11) is 0. The topological polar surface area (TPSA) is 125 Å². The van der Waals surface area contributed by atoms with Gasteiger partial charge in [0.15, 0.2) is 0 Å². The number of hydrogen-bond donors (Lipinski definition) is 4. The minimum absolute atomic E-state index is 0.0593. The molecule has 0 bridgehead atoms. The Bertz CT molecular complexity index is 492. The minimum atomic E-state index is -1.04. The molecule has 1 amide bonds. The van der Waals surface area contributed by atoms with Crippen molar-refractivity contribution in [2.45, 2.75) is 13.0 Å². The van der Waals surface area contributed by atoms with Gasteiger partial charge < -0.3 is 20.8 Å². The van der Waals surface area contributed by atoms with Crippen LogP contribution in [-0.2, 0) is 0 Å². The fourth-order valence-corrected chi connectivity index (χ4v) is 1.53. The lowest BCUT2D eigenvalue weighted by atomic mass is 10.1. The molecule has 0 aliphatic heterocycles. The normalized spacial score (nSPS) is 11.8. The Balaban J connectivity index is 2.99. The molecule has 8 nitrogen and oxygen atoms in total. The third kappa shape index (κ3) is 4.18. The maximum absolute atomic E-state index is 11.7. The van der Waals surface area contributed by atoms with Gasteiger partial charge in [0.1, 0.15) is 5.69 Å². The van der Waals surface area contributed by atoms with Crippen LogP contribution in [0.25, 0.3) is 0 Å². The Labute approximate surface area is 115 Å². The van der Waals surface area contributed by atoms with Crippen molar-refractivity contribution in [1.82, 2.24) is 5.32 Å². The number of aliphatic hydroxyl groups excluding tert-OH is 2. The highest BCUT2D eigenvalue weighted by Crippen LogP contribution is 2.25. The van der Waals surface area contributed by atoms with Crippen LogP contribution in [0.2, 0.25) is 0 Å². The van der Waals surface area contributed by atoms with Gasteiger partial charge in [-0.25, -0.2) is 0 Å². The lowest BCUT2D eigenvalue weighted by Crippen LogP contribution is -2.24. The second-order valence-electron chi connectivity index (χ2n) is 4.07. The number of benzene rings is 1. The van der Waals surface area contributed by atoms with Crippen LogP contribution >= 0.6 is 0 Å². The van der Waals surface area contributed by atoms with Crippen molar-refractivity contribution in [2.75, 3.05) is 25.0 Å². The Kier molecular flexibility index (Phi) is 5.88. The van der Waals surface area contributed by atoms with Crippen molar-refractivity contribution in [3.8, 4) is 0 Å². The number of nitro benzene ring substituents is 1. The number of hydrogen-bond acceptors (Lipinski definition) is 6. The second-order valence-corrected chi connectivity index (χ2v) is 4.07. The highest BCUT2D eigenvalue weighted by atomic mass is 16.6. The first kappa shape index (κ1) is 15.9. The predicted octanol–water partition coefficient (Wildman–Crippen LogP) is 0.110. The summed E-state index contributed by atoms with van der Waals surface area (Å²) in [4.78, 5) is 22.0. The molecule has 1 aromatic rings. The predicted molar refractivity (Wildman–Crippen MR) is 72.7 cm³/mol. The van der Waals surface area contributed by atoms with Gasteiger partial charge in [-0.3, -0.25) is 14.9 Å². The van der Waals surface area contributed by atoms with Gasteiger partial charge in [-0.1, -0.05) is 0 Å². The van der Waals surface area contributed by atoms with E-state index in [0.29, 0.717) is 6.54 Å². The molecule has 0 saturated heterocycles. The number of amides is 1. The molecule has 0 spiro atoms. The number of anilines is 1. The van der Waals surface area contributed by atoms with E-state index in [1.54, 1.807) is 6.92 Å². The summed E-state index contributed by atoms with van der Waals surface area (Å²) in [5.74, 6) is -0.340. The van der Waals surface area contributed by atoms with E-state index in [2.05, 4.69) is 10.6 Å². The number of nitrogens with zero attached hydrogens (tertiary/aromatic N) is 1. The Morgan fingerprint density at radius 1 is 1.50 bits per heavy atom. The van der Waals surface area contributed by atoms with Crippen molar-refractivity contribution in [3.63, 3.8) is 0 Å². The lowest BCUT2D eigenvalue weighted by molar-refractivity contribution is -0.384. The van der Waals surface area contributed by atoms with Crippen LogP contribution in [-0.4, -0.2) is 46.8 Å². The maximum atomic E-state index is 11.7. The smallest absolute Gasteiger partial charge is 0.292 e. The molecule has 0 saturated carbocycles. The van der Waals surface area contributed by atoms with Crippen LogP contribution in [0, 0.1) is 10.1 Å². The second kappa shape index (κ2) is 7.41. The van der Waals surface area contributed by atoms with Crippen molar-refractivity contribution >= 4 is 17.3 Å². The molecule has 1 rings (SSSR count). The number of aliphatic hydroxyl groups is 2. The number of carbonyl (C=O) groups excluding carboxylic acids is 1. The van der Waals surface area contributed by atoms with E-state index in [4.69, 9.17) is 5.11 Å². The molecule has 1 unspecified atom stereocenters. The molecule has 0 aliphatic rings. The molecule has 20 heavy (non-hydrogen) atoms. The molecule has 8 heteroatoms. The third-order valence-electron chi connectivity index (χ3n) is 2.53. The fraction of sp³-hybridized carbons (Fsp3) is 0.417. The fourth-order valence-electron chi connectivity index (χ4n) is 1.53. The Morgan fingerprint density at radius 2 is 2.20 bits per heavy atom. The zero-order chi connectivity index (χ0) is 15.1. The summed E-state index contributed by atoms with van der Waals surface area (Å²) >= 11 is 0. The zero-order valence-corrected chi connectivity index (χ0v) is 11.0. The summed E-state index contributed by atoms with van der Waals surface area (Å²) in [5.41, 5.74) is 0.188. The van der Waals surface area contributed by atoms with E-state index in [1.807, 2.05) is 0 Å². The molecule has 1 aromatic carbocycles. The van der Waals surface area contributed by atoms with Crippen molar-refractivity contribution < 1.29 is 19.9 Å². The molecule has 0 aromatic heterocycles. The van der Waals surface area contributed by atoms with E-state index in [1.165, 1.54) is 18.2 Å². The number of nitro groups is 1. The average Bonchev–Trinajstić information content (AvgIpc) is 2.44. The van der Waals surface area contributed by atoms with Crippen molar-refractivity contribution in [2.24, 2.45) is 0 Å². The first-order valence-corrected chi connectivity index (χ1v) is 6.09. The average molecular weight is 283 g/mol. The van der Waals surface area contributed by atoms with Crippen molar-refractivity contribution in [1.29, 1.82) is 0 Å². The van der Waals surface area contributed by atoms with Crippen LogP contribution in [0.15, 0.2) is 18.2 Å². The number of rotatable bonds is 7. The summed E-state index contributed by atoms with van der Waals surface area (Å²) < 4.78 is 0. The van der Waals surface area contributed by atoms with E-state index in [-0.39, 0.29) is 29.4 Å². The first-order valence-electron chi connectivity index (χ1n) is 6.09. The van der Waals surface area contributed by atoms with Gasteiger partial charge in [0.25, 0.3) is 11.6 Å². The van der Waals surface area contributed by atoms with Gasteiger partial charge in [-0.2, -0.15) is 0 Å².